The zero-order valence-corrected chi connectivity index (χ0v) is 23.6. The number of carboxylic acids is 1. The van der Waals surface area contributed by atoms with Crippen LogP contribution in [-0.2, 0) is 4.79 Å². The largest absolute Gasteiger partial charge is 1.00 e. The maximum Gasteiger partial charge on any atom is 1.00 e. The molecule has 0 N–H and O–H groups in total. The van der Waals surface area contributed by atoms with Crippen molar-refractivity contribution in [2.75, 3.05) is 13.1 Å². The maximum atomic E-state index is 10.5. The third-order valence-corrected chi connectivity index (χ3v) is 5.97. The Morgan fingerprint density at radius 2 is 1.10 bits per heavy atom. The van der Waals surface area contributed by atoms with Gasteiger partial charge in [0.05, 0.1) is 0 Å². The van der Waals surface area contributed by atoms with E-state index in [4.69, 9.17) is 0 Å². The second-order valence-electron chi connectivity index (χ2n) is 8.75. The quantitative estimate of drug-likeness (QED) is 0.193. The Kier molecular flexibility index (Phi) is 28.2. The molecule has 0 amide bonds. The topological polar surface area (TPSA) is 43.4 Å². The van der Waals surface area contributed by atoms with Gasteiger partial charge in [0.25, 0.3) is 0 Å². The van der Waals surface area contributed by atoms with Gasteiger partial charge in [0, 0.05) is 12.0 Å². The Balaban J connectivity index is 0. The molecule has 0 spiro atoms. The van der Waals surface area contributed by atoms with Crippen molar-refractivity contribution in [3.63, 3.8) is 0 Å². The minimum absolute atomic E-state index is 0. The Bertz CT molecular complexity index is 323. The molecule has 0 bridgehead atoms. The Labute approximate surface area is 225 Å². The number of carboxylic acid groups (broad SMARTS) is 1. The molecule has 0 saturated carbocycles. The van der Waals surface area contributed by atoms with Crippen LogP contribution in [0.25, 0.3) is 0 Å². The summed E-state index contributed by atoms with van der Waals surface area (Å²) < 4.78 is 0. The molecule has 0 aromatic heterocycles. The van der Waals surface area contributed by atoms with Gasteiger partial charge in [0.2, 0.25) is 0 Å². The van der Waals surface area contributed by atoms with Crippen LogP contribution < -0.4 is 56.5 Å². The van der Waals surface area contributed by atoms with E-state index in [1.165, 1.54) is 103 Å². The predicted octanol–water partition coefficient (Wildman–Crippen LogP) is 3.49. The third-order valence-electron chi connectivity index (χ3n) is 5.97. The number of rotatable bonds is 22. The summed E-state index contributed by atoms with van der Waals surface area (Å²) >= 11 is 0. The van der Waals surface area contributed by atoms with Crippen LogP contribution in [0.4, 0.5) is 0 Å². The van der Waals surface area contributed by atoms with Crippen molar-refractivity contribution < 1.29 is 61.3 Å². The first-order chi connectivity index (χ1) is 13.6. The van der Waals surface area contributed by atoms with Crippen LogP contribution in [-0.4, -0.2) is 30.0 Å². The van der Waals surface area contributed by atoms with Gasteiger partial charge in [0.1, 0.15) is 0 Å². The first-order valence-corrected chi connectivity index (χ1v) is 12.6. The van der Waals surface area contributed by atoms with E-state index in [0.717, 1.165) is 19.3 Å². The van der Waals surface area contributed by atoms with Crippen molar-refractivity contribution in [3.05, 3.63) is 0 Å². The monoisotopic (exact) mass is 435 g/mol. The number of hydrogen-bond acceptors (Lipinski definition) is 3. The number of nitrogens with zero attached hydrogens (tertiary/aromatic N) is 1. The smallest absolute Gasteiger partial charge is 0.550 e. The van der Waals surface area contributed by atoms with Crippen LogP contribution >= 0.6 is 0 Å². The number of aliphatic carboxylic acids is 1. The van der Waals surface area contributed by atoms with Gasteiger partial charge >= 0.3 is 51.4 Å². The van der Waals surface area contributed by atoms with Crippen molar-refractivity contribution in [1.29, 1.82) is 0 Å². The first-order valence-electron chi connectivity index (χ1n) is 12.6. The number of carbonyl (C=O) groups excluding carboxylic acids is 1. The SMILES string of the molecule is CCCCCCCCN(CCCCCCCC)C(C)CCCCCCC(=O)[O-].[K+]. The molecule has 1 atom stereocenters. The fraction of sp³-hybridized carbons (Fsp3) is 0.960. The van der Waals surface area contributed by atoms with E-state index in [1.807, 2.05) is 0 Å². The van der Waals surface area contributed by atoms with Crippen LogP contribution in [0.15, 0.2) is 0 Å². The van der Waals surface area contributed by atoms with Gasteiger partial charge in [0.15, 0.2) is 0 Å². The zero-order chi connectivity index (χ0) is 20.9. The molecule has 3 nitrogen and oxygen atoms in total. The molecule has 0 aromatic rings. The van der Waals surface area contributed by atoms with Crippen molar-refractivity contribution in [3.8, 4) is 0 Å². The Morgan fingerprint density at radius 1 is 0.690 bits per heavy atom. The minimum Gasteiger partial charge on any atom is -0.550 e. The molecule has 0 saturated heterocycles. The van der Waals surface area contributed by atoms with Gasteiger partial charge in [-0.15, -0.1) is 0 Å². The van der Waals surface area contributed by atoms with E-state index in [0.29, 0.717) is 6.04 Å². The molecule has 0 aromatic carbocycles. The summed E-state index contributed by atoms with van der Waals surface area (Å²) in [5.74, 6) is -0.905. The molecule has 0 heterocycles. The van der Waals surface area contributed by atoms with Gasteiger partial charge in [-0.2, -0.15) is 0 Å². The van der Waals surface area contributed by atoms with E-state index >= 15 is 0 Å². The molecule has 1 unspecified atom stereocenters. The molecular weight excluding hydrogens is 385 g/mol. The first kappa shape index (κ1) is 32.2. The summed E-state index contributed by atoms with van der Waals surface area (Å²) in [6.45, 7) is 9.47. The molecule has 4 heteroatoms. The van der Waals surface area contributed by atoms with Crippen molar-refractivity contribution in [2.45, 2.75) is 142 Å². The maximum absolute atomic E-state index is 10.5. The van der Waals surface area contributed by atoms with Crippen LogP contribution in [0.1, 0.15) is 136 Å². The second-order valence-corrected chi connectivity index (χ2v) is 8.75. The number of unbranched alkanes of at least 4 members (excludes halogenated alkanes) is 13. The van der Waals surface area contributed by atoms with Gasteiger partial charge in [-0.05, 0) is 52.1 Å². The molecule has 0 aliphatic carbocycles. The Morgan fingerprint density at radius 3 is 1.59 bits per heavy atom. The summed E-state index contributed by atoms with van der Waals surface area (Å²) in [5.41, 5.74) is 0. The summed E-state index contributed by atoms with van der Waals surface area (Å²) in [7, 11) is 0. The van der Waals surface area contributed by atoms with E-state index in [2.05, 4.69) is 25.7 Å². The third kappa shape index (κ3) is 23.6. The summed E-state index contributed by atoms with van der Waals surface area (Å²) in [6, 6.07) is 0.660. The normalized spacial score (nSPS) is 12.1. The average Bonchev–Trinajstić information content (AvgIpc) is 2.67. The Hall–Kier alpha value is 1.07. The standard InChI is InChI=1S/C25H51NO2.K/c1-4-6-8-10-14-18-22-26(23-19-15-11-9-7-5-2)24(3)20-16-12-13-17-21-25(27)28;/h24H,4-23H2,1-3H3,(H,27,28);/q;+1/p-1. The average molecular weight is 436 g/mol. The van der Waals surface area contributed by atoms with Crippen molar-refractivity contribution in [2.24, 2.45) is 0 Å². The predicted molar refractivity (Wildman–Crippen MR) is 120 cm³/mol. The zero-order valence-electron chi connectivity index (χ0n) is 20.5. The minimum atomic E-state index is -0.905. The fourth-order valence-corrected chi connectivity index (χ4v) is 3.99. The summed E-state index contributed by atoms with van der Waals surface area (Å²) in [5, 5.41) is 10.5. The van der Waals surface area contributed by atoms with E-state index in [-0.39, 0.29) is 57.8 Å². The van der Waals surface area contributed by atoms with Crippen LogP contribution in [0.3, 0.4) is 0 Å². The molecule has 0 aliphatic rings. The van der Waals surface area contributed by atoms with Crippen LogP contribution in [0, 0.1) is 0 Å². The molecule has 0 aliphatic heterocycles. The summed E-state index contributed by atoms with van der Waals surface area (Å²) in [4.78, 5) is 13.2. The van der Waals surface area contributed by atoms with E-state index in [9.17, 15) is 9.90 Å². The number of carbonyl (C=O) groups is 1. The molecule has 29 heavy (non-hydrogen) atoms. The number of hydrogen-bond donors (Lipinski definition) is 0. The summed E-state index contributed by atoms with van der Waals surface area (Å²) in [6.07, 6.45) is 22.1. The fourth-order valence-electron chi connectivity index (χ4n) is 3.99. The molecular formula is C25H50KNO2. The molecule has 0 rings (SSSR count). The van der Waals surface area contributed by atoms with Gasteiger partial charge in [-0.25, -0.2) is 0 Å². The van der Waals surface area contributed by atoms with Gasteiger partial charge in [-0.1, -0.05) is 97.3 Å². The second kappa shape index (κ2) is 25.3. The molecule has 168 valence electrons. The van der Waals surface area contributed by atoms with Crippen molar-refractivity contribution in [1.82, 2.24) is 4.90 Å². The van der Waals surface area contributed by atoms with E-state index in [1.54, 1.807) is 0 Å². The molecule has 0 fully saturated rings. The van der Waals surface area contributed by atoms with Crippen molar-refractivity contribution >= 4 is 5.97 Å². The molecule has 0 radical (unpaired) electrons. The van der Waals surface area contributed by atoms with Gasteiger partial charge in [-0.3, -0.25) is 0 Å². The van der Waals surface area contributed by atoms with E-state index < -0.39 is 5.97 Å². The van der Waals surface area contributed by atoms with Crippen LogP contribution in [0.2, 0.25) is 0 Å². The van der Waals surface area contributed by atoms with Crippen LogP contribution in [0.5, 0.6) is 0 Å². The van der Waals surface area contributed by atoms with Gasteiger partial charge < -0.3 is 14.8 Å².